The Hall–Kier alpha value is -2.49. The second-order valence-electron chi connectivity index (χ2n) is 5.90. The van der Waals surface area contributed by atoms with E-state index in [2.05, 4.69) is 0 Å². The highest BCUT2D eigenvalue weighted by atomic mass is 16.6. The largest absolute Gasteiger partial charge is 0.507 e. The van der Waals surface area contributed by atoms with Gasteiger partial charge >= 0.3 is 5.97 Å². The first-order chi connectivity index (χ1) is 10.5. The van der Waals surface area contributed by atoms with Crippen LogP contribution >= 0.6 is 0 Å². The molecule has 0 radical (unpaired) electrons. The van der Waals surface area contributed by atoms with Crippen molar-refractivity contribution in [2.24, 2.45) is 0 Å². The molecule has 0 amide bonds. The van der Waals surface area contributed by atoms with Gasteiger partial charge in [-0.2, -0.15) is 0 Å². The molecule has 0 fully saturated rings. The molecule has 2 aliphatic heterocycles. The van der Waals surface area contributed by atoms with Crippen LogP contribution in [0.1, 0.15) is 39.0 Å². The molecule has 0 aliphatic carbocycles. The van der Waals surface area contributed by atoms with Crippen molar-refractivity contribution in [3.8, 4) is 11.5 Å². The number of aryl methyl sites for hydroxylation is 1. The molecule has 112 valence electrons. The molecule has 1 unspecified atom stereocenters. The van der Waals surface area contributed by atoms with Crippen LogP contribution in [-0.2, 0) is 10.3 Å². The molecule has 22 heavy (non-hydrogen) atoms. The van der Waals surface area contributed by atoms with Gasteiger partial charge in [-0.25, -0.2) is 4.79 Å². The van der Waals surface area contributed by atoms with Gasteiger partial charge < -0.3 is 14.6 Å². The number of hydrogen-bond donors (Lipinski definition) is 1. The van der Waals surface area contributed by atoms with Crippen LogP contribution in [0, 0.1) is 13.8 Å². The summed E-state index contributed by atoms with van der Waals surface area (Å²) in [6.07, 6.45) is 0.576. The predicted octanol–water partition coefficient (Wildman–Crippen LogP) is 3.21. The number of aromatic hydroxyl groups is 1. The molecule has 1 atom stereocenters. The molecule has 0 saturated heterocycles. The minimum absolute atomic E-state index is 0.230. The van der Waals surface area contributed by atoms with E-state index in [1.807, 2.05) is 38.1 Å². The Balaban J connectivity index is 2.04. The first kappa shape index (κ1) is 13.2. The molecule has 4 nitrogen and oxygen atoms in total. The lowest BCUT2D eigenvalue weighted by atomic mass is 9.80. The smallest absolute Gasteiger partial charge is 0.339 e. The summed E-state index contributed by atoms with van der Waals surface area (Å²) in [6.45, 7) is 4.11. The maximum Gasteiger partial charge on any atom is 0.339 e. The van der Waals surface area contributed by atoms with Crippen LogP contribution in [0.4, 0.5) is 0 Å². The summed E-state index contributed by atoms with van der Waals surface area (Å²) >= 11 is 0. The monoisotopic (exact) mass is 296 g/mol. The topological polar surface area (TPSA) is 55.8 Å². The Bertz CT molecular complexity index is 809. The number of fused-ring (bicyclic) bond motifs is 4. The Morgan fingerprint density at radius 1 is 1.18 bits per heavy atom. The maximum atomic E-state index is 12.3. The highest BCUT2D eigenvalue weighted by molar-refractivity contribution is 5.95. The van der Waals surface area contributed by atoms with Gasteiger partial charge in [0.25, 0.3) is 0 Å². The summed E-state index contributed by atoms with van der Waals surface area (Å²) in [5.74, 6) is 0.555. The van der Waals surface area contributed by atoms with Crippen molar-refractivity contribution in [1.29, 1.82) is 0 Å². The fourth-order valence-corrected chi connectivity index (χ4v) is 3.54. The summed E-state index contributed by atoms with van der Waals surface area (Å²) in [5.41, 5.74) is 2.96. The normalized spacial score (nSPS) is 22.0. The number of ether oxygens (including phenoxy) is 2. The van der Waals surface area contributed by atoms with E-state index in [0.717, 1.165) is 16.7 Å². The lowest BCUT2D eigenvalue weighted by molar-refractivity contribution is -0.00634. The average molecular weight is 296 g/mol. The standard InChI is InChI=1S/C18H16O4/c1-10-9-14-16(11(2)15(10)19)21-8-7-18(14)13-6-4-3-5-12(13)17(20)22-18/h3-6,9,19H,7-8H2,1-2H3. The van der Waals surface area contributed by atoms with Crippen LogP contribution < -0.4 is 4.74 Å². The summed E-state index contributed by atoms with van der Waals surface area (Å²) in [6, 6.07) is 9.35. The third-order valence-electron chi connectivity index (χ3n) is 4.66. The number of hydrogen-bond acceptors (Lipinski definition) is 4. The quantitative estimate of drug-likeness (QED) is 0.758. The number of esters is 1. The third kappa shape index (κ3) is 1.49. The van der Waals surface area contributed by atoms with Gasteiger partial charge in [0.2, 0.25) is 0 Å². The van der Waals surface area contributed by atoms with E-state index in [9.17, 15) is 9.90 Å². The number of phenols is 1. The molecule has 1 N–H and O–H groups in total. The molecule has 4 rings (SSSR count). The van der Waals surface area contributed by atoms with Crippen molar-refractivity contribution >= 4 is 5.97 Å². The summed E-state index contributed by atoms with van der Waals surface area (Å²) < 4.78 is 11.6. The minimum atomic E-state index is -0.801. The van der Waals surface area contributed by atoms with Gasteiger partial charge in [0.1, 0.15) is 11.5 Å². The molecular formula is C18H16O4. The molecule has 1 spiro atoms. The number of carbonyl (C=O) groups excluding carboxylic acids is 1. The highest BCUT2D eigenvalue weighted by Gasteiger charge is 2.50. The second-order valence-corrected chi connectivity index (χ2v) is 5.90. The van der Waals surface area contributed by atoms with Gasteiger partial charge in [-0.3, -0.25) is 0 Å². The lowest BCUT2D eigenvalue weighted by Gasteiger charge is -2.36. The first-order valence-corrected chi connectivity index (χ1v) is 7.34. The fourth-order valence-electron chi connectivity index (χ4n) is 3.54. The highest BCUT2D eigenvalue weighted by Crippen LogP contribution is 2.52. The van der Waals surface area contributed by atoms with E-state index in [1.54, 1.807) is 6.07 Å². The van der Waals surface area contributed by atoms with Crippen molar-refractivity contribution in [3.63, 3.8) is 0 Å². The molecule has 2 heterocycles. The van der Waals surface area contributed by atoms with E-state index in [1.165, 1.54) is 0 Å². The average Bonchev–Trinajstić information content (AvgIpc) is 2.80. The number of carbonyl (C=O) groups is 1. The zero-order valence-corrected chi connectivity index (χ0v) is 12.5. The molecule has 0 aromatic heterocycles. The van der Waals surface area contributed by atoms with Crippen LogP contribution in [0.25, 0.3) is 0 Å². The van der Waals surface area contributed by atoms with Gasteiger partial charge in [-0.15, -0.1) is 0 Å². The summed E-state index contributed by atoms with van der Waals surface area (Å²) in [4.78, 5) is 12.3. The van der Waals surface area contributed by atoms with Gasteiger partial charge in [0.15, 0.2) is 5.60 Å². The van der Waals surface area contributed by atoms with E-state index >= 15 is 0 Å². The van der Waals surface area contributed by atoms with Gasteiger partial charge in [-0.05, 0) is 31.5 Å². The van der Waals surface area contributed by atoms with Gasteiger partial charge in [0.05, 0.1) is 12.2 Å². The molecule has 4 heteroatoms. The molecule has 2 aromatic carbocycles. The van der Waals surface area contributed by atoms with Crippen molar-refractivity contribution in [1.82, 2.24) is 0 Å². The zero-order valence-electron chi connectivity index (χ0n) is 12.5. The van der Waals surface area contributed by atoms with E-state index in [4.69, 9.17) is 9.47 Å². The van der Waals surface area contributed by atoms with Crippen LogP contribution in [0.5, 0.6) is 11.5 Å². The lowest BCUT2D eigenvalue weighted by Crippen LogP contribution is -2.34. The number of rotatable bonds is 0. The SMILES string of the molecule is Cc1cc2c(c(C)c1O)OCCC21OC(=O)c2ccccc21. The Morgan fingerprint density at radius 2 is 1.95 bits per heavy atom. The summed E-state index contributed by atoms with van der Waals surface area (Å²) in [7, 11) is 0. The summed E-state index contributed by atoms with van der Waals surface area (Å²) in [5, 5.41) is 10.2. The van der Waals surface area contributed by atoms with Crippen molar-refractivity contribution in [2.45, 2.75) is 25.9 Å². The van der Waals surface area contributed by atoms with E-state index in [-0.39, 0.29) is 11.7 Å². The van der Waals surface area contributed by atoms with Crippen molar-refractivity contribution < 1.29 is 19.4 Å². The minimum Gasteiger partial charge on any atom is -0.507 e. The molecule has 0 bridgehead atoms. The van der Waals surface area contributed by atoms with E-state index < -0.39 is 5.60 Å². The Labute approximate surface area is 128 Å². The Morgan fingerprint density at radius 3 is 2.77 bits per heavy atom. The molecule has 2 aromatic rings. The van der Waals surface area contributed by atoms with Crippen molar-refractivity contribution in [3.05, 3.63) is 58.1 Å². The zero-order chi connectivity index (χ0) is 15.5. The first-order valence-electron chi connectivity index (χ1n) is 7.34. The van der Waals surface area contributed by atoms with Crippen LogP contribution in [-0.4, -0.2) is 17.7 Å². The number of phenolic OH excluding ortho intramolecular Hbond substituents is 1. The van der Waals surface area contributed by atoms with Crippen molar-refractivity contribution in [2.75, 3.05) is 6.61 Å². The number of benzene rings is 2. The van der Waals surface area contributed by atoms with Crippen LogP contribution in [0.15, 0.2) is 30.3 Å². The van der Waals surface area contributed by atoms with Crippen LogP contribution in [0.2, 0.25) is 0 Å². The molecule has 2 aliphatic rings. The second kappa shape index (κ2) is 4.26. The van der Waals surface area contributed by atoms with E-state index in [0.29, 0.717) is 29.9 Å². The Kier molecular flexibility index (Phi) is 2.55. The fraction of sp³-hybridized carbons (Fsp3) is 0.278. The van der Waals surface area contributed by atoms with Crippen LogP contribution in [0.3, 0.4) is 0 Å². The van der Waals surface area contributed by atoms with Gasteiger partial charge in [-0.1, -0.05) is 18.2 Å². The maximum absolute atomic E-state index is 12.3. The predicted molar refractivity (Wildman–Crippen MR) is 80.3 cm³/mol. The molecule has 0 saturated carbocycles. The molecular weight excluding hydrogens is 280 g/mol. The third-order valence-corrected chi connectivity index (χ3v) is 4.66. The van der Waals surface area contributed by atoms with Gasteiger partial charge in [0, 0.05) is 23.1 Å².